The first-order valence-electron chi connectivity index (χ1n) is 11.5. The zero-order chi connectivity index (χ0) is 28.4. The average Bonchev–Trinajstić information content (AvgIpc) is 2.93. The molecule has 0 saturated heterocycles. The van der Waals surface area contributed by atoms with E-state index in [2.05, 4.69) is 19.4 Å². The first kappa shape index (κ1) is 26.7. The van der Waals surface area contributed by atoms with Crippen molar-refractivity contribution in [3.05, 3.63) is 101 Å². The summed E-state index contributed by atoms with van der Waals surface area (Å²) in [4.78, 5) is 20.6. The number of ether oxygens (including phenoxy) is 2. The fourth-order valence-electron chi connectivity index (χ4n) is 4.11. The van der Waals surface area contributed by atoms with Gasteiger partial charge in [0.05, 0.1) is 23.2 Å². The second-order valence-electron chi connectivity index (χ2n) is 8.32. The van der Waals surface area contributed by atoms with E-state index in [4.69, 9.17) is 4.74 Å². The van der Waals surface area contributed by atoms with Gasteiger partial charge in [-0.2, -0.15) is 8.78 Å². The molecule has 0 aliphatic carbocycles. The number of nitrogens with one attached hydrogen (secondary N) is 1. The highest BCUT2D eigenvalue weighted by atomic mass is 32.2. The van der Waals surface area contributed by atoms with Crippen molar-refractivity contribution >= 4 is 26.9 Å². The van der Waals surface area contributed by atoms with Gasteiger partial charge in [0.25, 0.3) is 15.6 Å². The molecule has 0 aliphatic rings. The number of methoxy groups -OCH3 is 1. The van der Waals surface area contributed by atoms with Crippen molar-refractivity contribution in [2.75, 3.05) is 11.8 Å². The molecular weight excluding hydrogens is 549 g/mol. The lowest BCUT2D eigenvalue weighted by Crippen LogP contribution is -2.19. The van der Waals surface area contributed by atoms with Gasteiger partial charge in [0.2, 0.25) is 5.95 Å². The van der Waals surface area contributed by atoms with Crippen LogP contribution in [-0.2, 0) is 10.0 Å². The smallest absolute Gasteiger partial charge is 0.387 e. The molecule has 13 heteroatoms. The Hall–Kier alpha value is -4.91. The first-order valence-corrected chi connectivity index (χ1v) is 13.0. The number of fused-ring (bicyclic) bond motifs is 1. The summed E-state index contributed by atoms with van der Waals surface area (Å²) in [5.74, 6) is -0.926. The molecule has 3 aromatic carbocycles. The Bertz CT molecular complexity index is 1880. The Labute approximate surface area is 225 Å². The van der Waals surface area contributed by atoms with Gasteiger partial charge < -0.3 is 9.47 Å². The minimum absolute atomic E-state index is 0.0242. The molecule has 204 valence electrons. The van der Waals surface area contributed by atoms with Crippen LogP contribution in [-0.4, -0.2) is 36.7 Å². The van der Waals surface area contributed by atoms with E-state index in [0.717, 1.165) is 6.07 Å². The molecule has 0 radical (unpaired) electrons. The molecule has 9 nitrogen and oxygen atoms in total. The van der Waals surface area contributed by atoms with Crippen LogP contribution in [0.4, 0.5) is 19.1 Å². The van der Waals surface area contributed by atoms with Crippen molar-refractivity contribution < 1.29 is 31.1 Å². The van der Waals surface area contributed by atoms with Crippen molar-refractivity contribution in [3.63, 3.8) is 0 Å². The number of pyridine rings is 1. The van der Waals surface area contributed by atoms with Gasteiger partial charge >= 0.3 is 6.61 Å². The summed E-state index contributed by atoms with van der Waals surface area (Å²) in [5, 5.41) is 0.361. The predicted octanol–water partition coefficient (Wildman–Crippen LogP) is 5.00. The number of rotatable bonds is 8. The van der Waals surface area contributed by atoms with E-state index in [-0.39, 0.29) is 44.7 Å². The lowest BCUT2D eigenvalue weighted by atomic mass is 10.0. The van der Waals surface area contributed by atoms with E-state index >= 15 is 4.39 Å². The van der Waals surface area contributed by atoms with Gasteiger partial charge in [0.15, 0.2) is 0 Å². The molecule has 2 heterocycles. The molecule has 0 bridgehead atoms. The number of benzene rings is 3. The molecule has 0 unspecified atom stereocenters. The third-order valence-corrected chi connectivity index (χ3v) is 7.17. The number of alkyl halides is 2. The summed E-state index contributed by atoms with van der Waals surface area (Å²) in [6, 6.07) is 16.2. The van der Waals surface area contributed by atoms with Crippen molar-refractivity contribution in [3.8, 4) is 28.3 Å². The molecule has 2 aromatic heterocycles. The van der Waals surface area contributed by atoms with Crippen LogP contribution < -0.4 is 19.8 Å². The van der Waals surface area contributed by atoms with Gasteiger partial charge in [-0.3, -0.25) is 9.36 Å². The van der Waals surface area contributed by atoms with Crippen LogP contribution in [0.1, 0.15) is 0 Å². The van der Waals surface area contributed by atoms with E-state index in [1.165, 1.54) is 90.8 Å². The van der Waals surface area contributed by atoms with E-state index in [1.54, 1.807) is 0 Å². The molecule has 0 fully saturated rings. The molecule has 0 saturated carbocycles. The summed E-state index contributed by atoms with van der Waals surface area (Å²) in [5.41, 5.74) is 0.0642. The number of anilines is 1. The Kier molecular flexibility index (Phi) is 7.13. The van der Waals surface area contributed by atoms with Gasteiger partial charge in [-0.15, -0.1) is 0 Å². The van der Waals surface area contributed by atoms with E-state index < -0.39 is 28.0 Å². The molecule has 5 rings (SSSR count). The maximum absolute atomic E-state index is 15.4. The third kappa shape index (κ3) is 5.31. The second-order valence-corrected chi connectivity index (χ2v) is 10.00. The summed E-state index contributed by atoms with van der Waals surface area (Å²) >= 11 is 0. The largest absolute Gasteiger partial charge is 0.495 e. The van der Waals surface area contributed by atoms with Crippen LogP contribution >= 0.6 is 0 Å². The topological polar surface area (TPSA) is 112 Å². The molecule has 5 aromatic rings. The van der Waals surface area contributed by atoms with Crippen LogP contribution in [0.5, 0.6) is 11.5 Å². The summed E-state index contributed by atoms with van der Waals surface area (Å²) in [7, 11) is -2.74. The monoisotopic (exact) mass is 568 g/mol. The number of nitrogens with zero attached hydrogens (tertiary/aromatic N) is 3. The molecule has 40 heavy (non-hydrogen) atoms. The first-order chi connectivity index (χ1) is 19.2. The Morgan fingerprint density at radius 3 is 2.45 bits per heavy atom. The minimum Gasteiger partial charge on any atom is -0.495 e. The molecule has 0 amide bonds. The average molecular weight is 569 g/mol. The quantitative estimate of drug-likeness (QED) is 0.280. The molecule has 0 aliphatic heterocycles. The number of aromatic nitrogens is 3. The standard InChI is InChI=1S/C27H19F3N4O5S/c1-38-24-14-20(16-4-2-5-18(12-16)39-26(29)30)21(28)15-23(24)34-22-8-7-19(13-17(22)6-9-25(34)35)40(36,37)33-27-31-10-3-11-32-27/h2-15,26H,1H3,(H,31,32,33). The number of sulfonamides is 1. The molecule has 0 atom stereocenters. The zero-order valence-corrected chi connectivity index (χ0v) is 21.4. The highest BCUT2D eigenvalue weighted by Gasteiger charge is 2.20. The maximum atomic E-state index is 15.4. The molecule has 0 spiro atoms. The normalized spacial score (nSPS) is 11.5. The summed E-state index contributed by atoms with van der Waals surface area (Å²) in [6.07, 6.45) is 2.77. The SMILES string of the molecule is COc1cc(-c2cccc(OC(F)F)c2)c(F)cc1-n1c(=O)ccc2cc(S(=O)(=O)Nc3ncccn3)ccc21. The number of hydrogen-bond donors (Lipinski definition) is 1. The van der Waals surface area contributed by atoms with Crippen molar-refractivity contribution in [1.29, 1.82) is 0 Å². The lowest BCUT2D eigenvalue weighted by molar-refractivity contribution is -0.0498. The van der Waals surface area contributed by atoms with Gasteiger partial charge in [-0.05, 0) is 54.1 Å². The van der Waals surface area contributed by atoms with Crippen LogP contribution in [0.2, 0.25) is 0 Å². The maximum Gasteiger partial charge on any atom is 0.387 e. The Morgan fingerprint density at radius 1 is 0.950 bits per heavy atom. The zero-order valence-electron chi connectivity index (χ0n) is 20.6. The summed E-state index contributed by atoms with van der Waals surface area (Å²) < 4.78 is 79.9. The van der Waals surface area contributed by atoms with Crippen LogP contribution in [0.15, 0.2) is 94.9 Å². The van der Waals surface area contributed by atoms with Crippen LogP contribution in [0.3, 0.4) is 0 Å². The highest BCUT2D eigenvalue weighted by molar-refractivity contribution is 7.92. The summed E-state index contributed by atoms with van der Waals surface area (Å²) in [6.45, 7) is -3.05. The van der Waals surface area contributed by atoms with Gasteiger partial charge in [0, 0.05) is 35.5 Å². The molecule has 1 N–H and O–H groups in total. The Morgan fingerprint density at radius 2 is 1.73 bits per heavy atom. The van der Waals surface area contributed by atoms with Crippen molar-refractivity contribution in [1.82, 2.24) is 14.5 Å². The van der Waals surface area contributed by atoms with Crippen molar-refractivity contribution in [2.45, 2.75) is 11.5 Å². The van der Waals surface area contributed by atoms with Crippen LogP contribution in [0.25, 0.3) is 27.7 Å². The number of halogens is 3. The van der Waals surface area contributed by atoms with Gasteiger partial charge in [-0.1, -0.05) is 12.1 Å². The highest BCUT2D eigenvalue weighted by Crippen LogP contribution is 2.35. The van der Waals surface area contributed by atoms with E-state index in [0.29, 0.717) is 5.39 Å². The van der Waals surface area contributed by atoms with Crippen molar-refractivity contribution in [2.24, 2.45) is 0 Å². The minimum atomic E-state index is -4.06. The van der Waals surface area contributed by atoms with E-state index in [9.17, 15) is 22.0 Å². The Balaban J connectivity index is 1.60. The van der Waals surface area contributed by atoms with Crippen LogP contribution in [0, 0.1) is 5.82 Å². The molecular formula is C27H19F3N4O5S. The predicted molar refractivity (Wildman–Crippen MR) is 141 cm³/mol. The van der Waals surface area contributed by atoms with Gasteiger partial charge in [0.1, 0.15) is 17.3 Å². The lowest BCUT2D eigenvalue weighted by Gasteiger charge is -2.17. The second kappa shape index (κ2) is 10.7. The van der Waals surface area contributed by atoms with Gasteiger partial charge in [-0.25, -0.2) is 27.5 Å². The number of hydrogen-bond acceptors (Lipinski definition) is 7. The van der Waals surface area contributed by atoms with E-state index in [1.807, 2.05) is 0 Å². The fraction of sp³-hybridized carbons (Fsp3) is 0.0741. The third-order valence-electron chi connectivity index (χ3n) is 5.85. The fourth-order valence-corrected chi connectivity index (χ4v) is 5.11.